The molecule has 0 atom stereocenters. The highest BCUT2D eigenvalue weighted by Crippen LogP contribution is 2.23. The van der Waals surface area contributed by atoms with Crippen molar-refractivity contribution in [2.24, 2.45) is 0 Å². The van der Waals surface area contributed by atoms with E-state index in [2.05, 4.69) is 11.0 Å². The lowest BCUT2D eigenvalue weighted by Gasteiger charge is -2.22. The molecule has 0 radical (unpaired) electrons. The lowest BCUT2D eigenvalue weighted by atomic mass is 10.1. The molecule has 0 fully saturated rings. The SMILES string of the molecule is Cc1cc(C#N)ccc1N(C)Cc1ccccc1N. The number of nitrogens with two attached hydrogens (primary N) is 1. The first-order valence-corrected chi connectivity index (χ1v) is 6.17. The van der Waals surface area contributed by atoms with Gasteiger partial charge in [0.1, 0.15) is 0 Å². The van der Waals surface area contributed by atoms with Gasteiger partial charge in [0.15, 0.2) is 0 Å². The summed E-state index contributed by atoms with van der Waals surface area (Å²) in [5.74, 6) is 0. The van der Waals surface area contributed by atoms with Crippen LogP contribution in [0.2, 0.25) is 0 Å². The van der Waals surface area contributed by atoms with Gasteiger partial charge in [-0.1, -0.05) is 18.2 Å². The molecular formula is C16H17N3. The van der Waals surface area contributed by atoms with Crippen molar-refractivity contribution in [1.82, 2.24) is 0 Å². The summed E-state index contributed by atoms with van der Waals surface area (Å²) in [6.45, 7) is 2.76. The number of anilines is 2. The van der Waals surface area contributed by atoms with Gasteiger partial charge in [-0.25, -0.2) is 0 Å². The van der Waals surface area contributed by atoms with Crippen LogP contribution in [0.25, 0.3) is 0 Å². The second kappa shape index (κ2) is 5.45. The van der Waals surface area contributed by atoms with Crippen LogP contribution in [0.5, 0.6) is 0 Å². The van der Waals surface area contributed by atoms with Crippen molar-refractivity contribution in [1.29, 1.82) is 5.26 Å². The van der Waals surface area contributed by atoms with Crippen molar-refractivity contribution in [3.8, 4) is 6.07 Å². The highest BCUT2D eigenvalue weighted by molar-refractivity contribution is 5.57. The summed E-state index contributed by atoms with van der Waals surface area (Å²) in [7, 11) is 2.03. The minimum absolute atomic E-state index is 0.689. The maximum absolute atomic E-state index is 8.88. The summed E-state index contributed by atoms with van der Waals surface area (Å²) < 4.78 is 0. The summed E-state index contributed by atoms with van der Waals surface area (Å²) in [5.41, 5.74) is 10.8. The van der Waals surface area contributed by atoms with Crippen molar-refractivity contribution < 1.29 is 0 Å². The molecule has 0 saturated carbocycles. The van der Waals surface area contributed by atoms with Crippen LogP contribution in [0.4, 0.5) is 11.4 Å². The molecular weight excluding hydrogens is 234 g/mol. The quantitative estimate of drug-likeness (QED) is 0.853. The van der Waals surface area contributed by atoms with Gasteiger partial charge in [0.2, 0.25) is 0 Å². The molecule has 0 heterocycles. The lowest BCUT2D eigenvalue weighted by molar-refractivity contribution is 0.919. The van der Waals surface area contributed by atoms with E-state index in [9.17, 15) is 0 Å². The summed E-state index contributed by atoms with van der Waals surface area (Å²) in [6, 6.07) is 15.7. The van der Waals surface area contributed by atoms with E-state index >= 15 is 0 Å². The van der Waals surface area contributed by atoms with E-state index < -0.39 is 0 Å². The Hall–Kier alpha value is -2.47. The van der Waals surface area contributed by atoms with E-state index in [1.54, 1.807) is 0 Å². The van der Waals surface area contributed by atoms with E-state index in [1.807, 2.05) is 56.4 Å². The fourth-order valence-electron chi connectivity index (χ4n) is 2.17. The zero-order chi connectivity index (χ0) is 13.8. The van der Waals surface area contributed by atoms with E-state index in [-0.39, 0.29) is 0 Å². The Morgan fingerprint density at radius 2 is 1.95 bits per heavy atom. The number of rotatable bonds is 3. The maximum Gasteiger partial charge on any atom is 0.0991 e. The molecule has 0 spiro atoms. The third-order valence-corrected chi connectivity index (χ3v) is 3.20. The average molecular weight is 251 g/mol. The Morgan fingerprint density at radius 1 is 1.21 bits per heavy atom. The van der Waals surface area contributed by atoms with Crippen molar-refractivity contribution in [3.05, 3.63) is 59.2 Å². The van der Waals surface area contributed by atoms with Gasteiger partial charge in [-0.05, 0) is 42.3 Å². The number of nitriles is 1. The molecule has 2 aromatic rings. The molecule has 0 unspecified atom stereocenters. The maximum atomic E-state index is 8.88. The standard InChI is InChI=1S/C16H17N3/c1-12-9-13(10-17)7-8-16(12)19(2)11-14-5-3-4-6-15(14)18/h3-9H,11,18H2,1-2H3. The van der Waals surface area contributed by atoms with E-state index in [4.69, 9.17) is 11.0 Å². The van der Waals surface area contributed by atoms with Crippen LogP contribution in [0.1, 0.15) is 16.7 Å². The number of para-hydroxylation sites is 1. The summed E-state index contributed by atoms with van der Waals surface area (Å²) in [4.78, 5) is 2.14. The topological polar surface area (TPSA) is 53.0 Å². The summed E-state index contributed by atoms with van der Waals surface area (Å²) in [5, 5.41) is 8.88. The zero-order valence-electron chi connectivity index (χ0n) is 11.2. The van der Waals surface area contributed by atoms with Crippen LogP contribution >= 0.6 is 0 Å². The smallest absolute Gasteiger partial charge is 0.0991 e. The second-order valence-corrected chi connectivity index (χ2v) is 4.67. The van der Waals surface area contributed by atoms with E-state index in [1.165, 1.54) is 0 Å². The Balaban J connectivity index is 2.24. The van der Waals surface area contributed by atoms with Crippen molar-refractivity contribution in [2.75, 3.05) is 17.7 Å². The van der Waals surface area contributed by atoms with Gasteiger partial charge in [-0.3, -0.25) is 0 Å². The van der Waals surface area contributed by atoms with Gasteiger partial charge < -0.3 is 10.6 Å². The van der Waals surface area contributed by atoms with Crippen LogP contribution in [0, 0.1) is 18.3 Å². The summed E-state index contributed by atoms with van der Waals surface area (Å²) >= 11 is 0. The molecule has 0 bridgehead atoms. The number of benzene rings is 2. The third kappa shape index (κ3) is 2.86. The molecule has 0 aliphatic carbocycles. The molecule has 0 saturated heterocycles. The monoisotopic (exact) mass is 251 g/mol. The number of hydrogen-bond acceptors (Lipinski definition) is 3. The third-order valence-electron chi connectivity index (χ3n) is 3.20. The molecule has 0 aliphatic rings. The number of hydrogen-bond donors (Lipinski definition) is 1. The molecule has 2 aromatic carbocycles. The fourth-order valence-corrected chi connectivity index (χ4v) is 2.17. The molecule has 3 heteroatoms. The minimum atomic E-state index is 0.689. The van der Waals surface area contributed by atoms with Crippen LogP contribution in [0.15, 0.2) is 42.5 Å². The highest BCUT2D eigenvalue weighted by Gasteiger charge is 2.07. The second-order valence-electron chi connectivity index (χ2n) is 4.67. The number of nitrogen functional groups attached to an aromatic ring is 1. The molecule has 19 heavy (non-hydrogen) atoms. The molecule has 96 valence electrons. The van der Waals surface area contributed by atoms with Gasteiger partial charge in [-0.15, -0.1) is 0 Å². The van der Waals surface area contributed by atoms with Crippen molar-refractivity contribution in [2.45, 2.75) is 13.5 Å². The first-order chi connectivity index (χ1) is 9.11. The number of nitrogens with zero attached hydrogens (tertiary/aromatic N) is 2. The fraction of sp³-hybridized carbons (Fsp3) is 0.188. The molecule has 0 aromatic heterocycles. The van der Waals surface area contributed by atoms with Crippen molar-refractivity contribution >= 4 is 11.4 Å². The zero-order valence-corrected chi connectivity index (χ0v) is 11.2. The van der Waals surface area contributed by atoms with E-state index in [0.717, 1.165) is 29.0 Å². The van der Waals surface area contributed by atoms with Gasteiger partial charge in [0.25, 0.3) is 0 Å². The highest BCUT2D eigenvalue weighted by atomic mass is 15.1. The Labute approximate surface area is 113 Å². The molecule has 2 N–H and O–H groups in total. The predicted molar refractivity (Wildman–Crippen MR) is 78.9 cm³/mol. The van der Waals surface area contributed by atoms with Crippen LogP contribution in [-0.2, 0) is 6.54 Å². The van der Waals surface area contributed by atoms with Gasteiger partial charge in [0, 0.05) is 25.0 Å². The first-order valence-electron chi connectivity index (χ1n) is 6.17. The minimum Gasteiger partial charge on any atom is -0.398 e. The Kier molecular flexibility index (Phi) is 3.72. The molecule has 2 rings (SSSR count). The largest absolute Gasteiger partial charge is 0.398 e. The van der Waals surface area contributed by atoms with Gasteiger partial charge in [0.05, 0.1) is 11.6 Å². The predicted octanol–water partition coefficient (Wildman–Crippen LogP) is 3.09. The van der Waals surface area contributed by atoms with Gasteiger partial charge in [-0.2, -0.15) is 5.26 Å². The Bertz CT molecular complexity index is 626. The molecule has 3 nitrogen and oxygen atoms in total. The van der Waals surface area contributed by atoms with Crippen LogP contribution in [0.3, 0.4) is 0 Å². The lowest BCUT2D eigenvalue weighted by Crippen LogP contribution is -2.18. The molecule has 0 aliphatic heterocycles. The number of aryl methyl sites for hydroxylation is 1. The normalized spacial score (nSPS) is 9.95. The molecule has 0 amide bonds. The van der Waals surface area contributed by atoms with Crippen LogP contribution in [-0.4, -0.2) is 7.05 Å². The first kappa shape index (κ1) is 13.0. The summed E-state index contributed by atoms with van der Waals surface area (Å²) in [6.07, 6.45) is 0. The van der Waals surface area contributed by atoms with Crippen LogP contribution < -0.4 is 10.6 Å². The van der Waals surface area contributed by atoms with Gasteiger partial charge >= 0.3 is 0 Å². The van der Waals surface area contributed by atoms with Crippen molar-refractivity contribution in [3.63, 3.8) is 0 Å². The Morgan fingerprint density at radius 3 is 2.58 bits per heavy atom. The average Bonchev–Trinajstić information content (AvgIpc) is 2.41. The van der Waals surface area contributed by atoms with E-state index in [0.29, 0.717) is 5.56 Å².